The standard InChI is InChI=1S/C13H14N2O2/c16-9-12(10-4-2-1-3-5-10)15-13(17)11-6-7-14-8-11/h1-8,12,14,16H,9H2,(H,15,17). The lowest BCUT2D eigenvalue weighted by Gasteiger charge is -2.16. The highest BCUT2D eigenvalue weighted by molar-refractivity contribution is 5.94. The van der Waals surface area contributed by atoms with Gasteiger partial charge >= 0.3 is 0 Å². The summed E-state index contributed by atoms with van der Waals surface area (Å²) in [4.78, 5) is 14.6. The first kappa shape index (κ1) is 11.4. The molecule has 17 heavy (non-hydrogen) atoms. The second-order valence-corrected chi connectivity index (χ2v) is 3.72. The molecule has 3 N–H and O–H groups in total. The minimum atomic E-state index is -0.376. The number of aromatic nitrogens is 1. The molecular formula is C13H14N2O2. The van der Waals surface area contributed by atoms with E-state index in [-0.39, 0.29) is 18.6 Å². The summed E-state index contributed by atoms with van der Waals surface area (Å²) >= 11 is 0. The fourth-order valence-corrected chi connectivity index (χ4v) is 1.63. The molecule has 0 saturated heterocycles. The lowest BCUT2D eigenvalue weighted by Crippen LogP contribution is -2.30. The van der Waals surface area contributed by atoms with Gasteiger partial charge < -0.3 is 15.4 Å². The first-order valence-corrected chi connectivity index (χ1v) is 5.40. The Morgan fingerprint density at radius 2 is 2.06 bits per heavy atom. The van der Waals surface area contributed by atoms with Gasteiger partial charge in [-0.3, -0.25) is 4.79 Å². The zero-order valence-corrected chi connectivity index (χ0v) is 9.26. The Hall–Kier alpha value is -2.07. The molecule has 1 heterocycles. The Labute approximate surface area is 99.3 Å². The summed E-state index contributed by atoms with van der Waals surface area (Å²) in [6.07, 6.45) is 3.31. The van der Waals surface area contributed by atoms with Gasteiger partial charge in [0, 0.05) is 12.4 Å². The van der Waals surface area contributed by atoms with E-state index < -0.39 is 0 Å². The second-order valence-electron chi connectivity index (χ2n) is 3.72. The SMILES string of the molecule is O=C(NC(CO)c1ccccc1)c1cc[nH]c1. The Kier molecular flexibility index (Phi) is 3.57. The minimum absolute atomic E-state index is 0.125. The Morgan fingerprint density at radius 3 is 2.65 bits per heavy atom. The predicted octanol–water partition coefficient (Wildman–Crippen LogP) is 1.48. The topological polar surface area (TPSA) is 65.1 Å². The number of carbonyl (C=O) groups excluding carboxylic acids is 1. The van der Waals surface area contributed by atoms with E-state index in [1.807, 2.05) is 30.3 Å². The summed E-state index contributed by atoms with van der Waals surface area (Å²) in [6, 6.07) is 10.7. The van der Waals surface area contributed by atoms with Crippen LogP contribution in [0.15, 0.2) is 48.8 Å². The summed E-state index contributed by atoms with van der Waals surface area (Å²) in [5, 5.41) is 12.1. The van der Waals surface area contributed by atoms with E-state index >= 15 is 0 Å². The molecule has 0 bridgehead atoms. The van der Waals surface area contributed by atoms with E-state index in [0.717, 1.165) is 5.56 Å². The smallest absolute Gasteiger partial charge is 0.253 e. The van der Waals surface area contributed by atoms with Gasteiger partial charge in [-0.05, 0) is 11.6 Å². The van der Waals surface area contributed by atoms with Gasteiger partial charge in [-0.1, -0.05) is 30.3 Å². The summed E-state index contributed by atoms with van der Waals surface area (Å²) in [5.74, 6) is -0.200. The molecule has 1 aromatic heterocycles. The number of carbonyl (C=O) groups is 1. The highest BCUT2D eigenvalue weighted by atomic mass is 16.3. The number of hydrogen-bond acceptors (Lipinski definition) is 2. The quantitative estimate of drug-likeness (QED) is 0.744. The van der Waals surface area contributed by atoms with Gasteiger partial charge in [0.25, 0.3) is 5.91 Å². The number of hydrogen-bond donors (Lipinski definition) is 3. The molecule has 2 rings (SSSR count). The third-order valence-corrected chi connectivity index (χ3v) is 2.55. The van der Waals surface area contributed by atoms with Crippen LogP contribution in [0.1, 0.15) is 22.0 Å². The Bertz CT molecular complexity index is 465. The number of nitrogens with one attached hydrogen (secondary N) is 2. The number of amides is 1. The lowest BCUT2D eigenvalue weighted by molar-refractivity contribution is 0.0916. The van der Waals surface area contributed by atoms with Crippen LogP contribution in [0.2, 0.25) is 0 Å². The van der Waals surface area contributed by atoms with Crippen molar-refractivity contribution in [2.24, 2.45) is 0 Å². The molecule has 0 spiro atoms. The lowest BCUT2D eigenvalue weighted by atomic mass is 10.1. The van der Waals surface area contributed by atoms with E-state index in [0.29, 0.717) is 5.56 Å². The minimum Gasteiger partial charge on any atom is -0.394 e. The fraction of sp³-hybridized carbons (Fsp3) is 0.154. The molecule has 4 heteroatoms. The zero-order valence-electron chi connectivity index (χ0n) is 9.26. The maximum atomic E-state index is 11.8. The average Bonchev–Trinajstić information content (AvgIpc) is 2.90. The molecule has 0 radical (unpaired) electrons. The molecule has 0 aliphatic heterocycles. The molecule has 0 aliphatic rings. The molecule has 0 fully saturated rings. The van der Waals surface area contributed by atoms with Crippen molar-refractivity contribution in [3.8, 4) is 0 Å². The third kappa shape index (κ3) is 2.73. The normalized spacial score (nSPS) is 12.1. The molecule has 1 atom stereocenters. The molecule has 0 aliphatic carbocycles. The van der Waals surface area contributed by atoms with Crippen LogP contribution in [-0.4, -0.2) is 22.6 Å². The van der Waals surface area contributed by atoms with Gasteiger partial charge in [0.1, 0.15) is 0 Å². The zero-order chi connectivity index (χ0) is 12.1. The van der Waals surface area contributed by atoms with E-state index in [2.05, 4.69) is 10.3 Å². The van der Waals surface area contributed by atoms with Gasteiger partial charge in [0.2, 0.25) is 0 Å². The van der Waals surface area contributed by atoms with E-state index in [1.54, 1.807) is 18.5 Å². The van der Waals surface area contributed by atoms with Crippen molar-refractivity contribution in [1.82, 2.24) is 10.3 Å². The maximum absolute atomic E-state index is 11.8. The van der Waals surface area contributed by atoms with Gasteiger partial charge in [0.05, 0.1) is 18.2 Å². The van der Waals surface area contributed by atoms with Crippen LogP contribution in [0.25, 0.3) is 0 Å². The van der Waals surface area contributed by atoms with Crippen LogP contribution >= 0.6 is 0 Å². The third-order valence-electron chi connectivity index (χ3n) is 2.55. The number of aliphatic hydroxyl groups excluding tert-OH is 1. The van der Waals surface area contributed by atoms with Gasteiger partial charge in [-0.15, -0.1) is 0 Å². The van der Waals surface area contributed by atoms with Crippen molar-refractivity contribution in [3.05, 3.63) is 59.9 Å². The fourth-order valence-electron chi connectivity index (χ4n) is 1.63. The van der Waals surface area contributed by atoms with Gasteiger partial charge in [-0.25, -0.2) is 0 Å². The van der Waals surface area contributed by atoms with E-state index in [4.69, 9.17) is 0 Å². The highest BCUT2D eigenvalue weighted by Crippen LogP contribution is 2.12. The predicted molar refractivity (Wildman–Crippen MR) is 64.5 cm³/mol. The van der Waals surface area contributed by atoms with Crippen LogP contribution < -0.4 is 5.32 Å². The maximum Gasteiger partial charge on any atom is 0.253 e. The molecule has 1 unspecified atom stereocenters. The second kappa shape index (κ2) is 5.32. The van der Waals surface area contributed by atoms with Gasteiger partial charge in [0.15, 0.2) is 0 Å². The Balaban J connectivity index is 2.09. The monoisotopic (exact) mass is 230 g/mol. The largest absolute Gasteiger partial charge is 0.394 e. The van der Waals surface area contributed by atoms with E-state index in [9.17, 15) is 9.90 Å². The van der Waals surface area contributed by atoms with Gasteiger partial charge in [-0.2, -0.15) is 0 Å². The number of aromatic amines is 1. The summed E-state index contributed by atoms with van der Waals surface area (Å²) < 4.78 is 0. The number of H-pyrrole nitrogens is 1. The molecule has 2 aromatic rings. The van der Waals surface area contributed by atoms with Crippen molar-refractivity contribution in [1.29, 1.82) is 0 Å². The number of rotatable bonds is 4. The van der Waals surface area contributed by atoms with Crippen molar-refractivity contribution in [2.45, 2.75) is 6.04 Å². The summed E-state index contributed by atoms with van der Waals surface area (Å²) in [7, 11) is 0. The molecule has 1 aromatic carbocycles. The van der Waals surface area contributed by atoms with Crippen LogP contribution in [-0.2, 0) is 0 Å². The molecular weight excluding hydrogens is 216 g/mol. The van der Waals surface area contributed by atoms with Crippen LogP contribution in [0.4, 0.5) is 0 Å². The van der Waals surface area contributed by atoms with Crippen molar-refractivity contribution < 1.29 is 9.90 Å². The Morgan fingerprint density at radius 1 is 1.29 bits per heavy atom. The average molecular weight is 230 g/mol. The summed E-state index contributed by atoms with van der Waals surface area (Å²) in [5.41, 5.74) is 1.44. The highest BCUT2D eigenvalue weighted by Gasteiger charge is 2.14. The van der Waals surface area contributed by atoms with E-state index in [1.165, 1.54) is 0 Å². The molecule has 4 nitrogen and oxygen atoms in total. The number of benzene rings is 1. The van der Waals surface area contributed by atoms with Crippen LogP contribution in [0.5, 0.6) is 0 Å². The van der Waals surface area contributed by atoms with Crippen molar-refractivity contribution in [3.63, 3.8) is 0 Å². The molecule has 88 valence electrons. The first-order valence-electron chi connectivity index (χ1n) is 5.40. The number of aliphatic hydroxyl groups is 1. The first-order chi connectivity index (χ1) is 8.31. The van der Waals surface area contributed by atoms with Crippen molar-refractivity contribution >= 4 is 5.91 Å². The van der Waals surface area contributed by atoms with Crippen molar-refractivity contribution in [2.75, 3.05) is 6.61 Å². The summed E-state index contributed by atoms with van der Waals surface area (Å²) in [6.45, 7) is -0.125. The molecule has 0 saturated carbocycles. The van der Waals surface area contributed by atoms with Crippen LogP contribution in [0.3, 0.4) is 0 Å². The molecule has 1 amide bonds. The van der Waals surface area contributed by atoms with Crippen LogP contribution in [0, 0.1) is 0 Å².